The zero-order valence-corrected chi connectivity index (χ0v) is 14.1. The maximum absolute atomic E-state index is 11.9. The molecule has 0 aromatic heterocycles. The van der Waals surface area contributed by atoms with Gasteiger partial charge in [-0.3, -0.25) is 9.59 Å². The van der Waals surface area contributed by atoms with Crippen molar-refractivity contribution in [1.82, 2.24) is 10.7 Å². The molecule has 0 heterocycles. The minimum atomic E-state index is -0.391. The highest BCUT2D eigenvalue weighted by atomic mass is 79.9. The first-order valence-corrected chi connectivity index (χ1v) is 7.76. The van der Waals surface area contributed by atoms with Crippen molar-refractivity contribution >= 4 is 34.0 Å². The van der Waals surface area contributed by atoms with E-state index in [-0.39, 0.29) is 12.5 Å². The molecular weight excluding hydrogens is 358 g/mol. The summed E-state index contributed by atoms with van der Waals surface area (Å²) in [4.78, 5) is 23.6. The summed E-state index contributed by atoms with van der Waals surface area (Å²) in [5.41, 5.74) is 4.73. The molecule has 2 amide bonds. The van der Waals surface area contributed by atoms with Crippen LogP contribution < -0.4 is 10.7 Å². The van der Waals surface area contributed by atoms with E-state index in [1.54, 1.807) is 18.2 Å². The quantitative estimate of drug-likeness (QED) is 0.624. The highest BCUT2D eigenvalue weighted by molar-refractivity contribution is 9.10. The van der Waals surface area contributed by atoms with E-state index in [0.717, 1.165) is 15.6 Å². The Labute approximate surface area is 142 Å². The van der Waals surface area contributed by atoms with Gasteiger partial charge >= 0.3 is 0 Å². The first-order chi connectivity index (χ1) is 11.0. The van der Waals surface area contributed by atoms with Gasteiger partial charge < -0.3 is 5.32 Å². The fourth-order valence-electron chi connectivity index (χ4n) is 1.85. The van der Waals surface area contributed by atoms with Crippen LogP contribution in [0.3, 0.4) is 0 Å². The summed E-state index contributed by atoms with van der Waals surface area (Å²) in [6.07, 6.45) is 1.53. The molecule has 2 aromatic carbocycles. The molecule has 2 rings (SSSR count). The van der Waals surface area contributed by atoms with Gasteiger partial charge in [0.1, 0.15) is 0 Å². The number of hydrazone groups is 1. The summed E-state index contributed by atoms with van der Waals surface area (Å²) < 4.78 is 0.929. The predicted molar refractivity (Wildman–Crippen MR) is 93.4 cm³/mol. The Balaban J connectivity index is 1.80. The predicted octanol–water partition coefficient (Wildman–Crippen LogP) is 2.64. The average molecular weight is 374 g/mol. The number of aryl methyl sites for hydroxylation is 1. The third kappa shape index (κ3) is 5.67. The molecule has 2 N–H and O–H groups in total. The van der Waals surface area contributed by atoms with E-state index in [9.17, 15) is 9.59 Å². The van der Waals surface area contributed by atoms with Crippen molar-refractivity contribution in [3.63, 3.8) is 0 Å². The largest absolute Gasteiger partial charge is 0.343 e. The Morgan fingerprint density at radius 2 is 1.96 bits per heavy atom. The summed E-state index contributed by atoms with van der Waals surface area (Å²) in [5, 5.41) is 6.40. The number of carbonyl (C=O) groups is 2. The molecule has 0 aliphatic carbocycles. The normalized spacial score (nSPS) is 10.5. The minimum absolute atomic E-state index is 0.136. The number of nitrogens with one attached hydrogen (secondary N) is 2. The second kappa shape index (κ2) is 8.24. The van der Waals surface area contributed by atoms with Gasteiger partial charge in [0.25, 0.3) is 11.8 Å². The third-order valence-corrected chi connectivity index (χ3v) is 3.43. The first kappa shape index (κ1) is 16.9. The van der Waals surface area contributed by atoms with E-state index in [0.29, 0.717) is 5.56 Å². The number of carbonyl (C=O) groups excluding carboxylic acids is 2. The van der Waals surface area contributed by atoms with Crippen LogP contribution in [0.4, 0.5) is 0 Å². The Hall–Kier alpha value is -2.47. The van der Waals surface area contributed by atoms with Gasteiger partial charge in [0.2, 0.25) is 0 Å². The number of amides is 2. The molecular formula is C17H16BrN3O2. The second-order valence-electron chi connectivity index (χ2n) is 4.90. The van der Waals surface area contributed by atoms with E-state index in [1.807, 2.05) is 37.3 Å². The van der Waals surface area contributed by atoms with E-state index in [1.165, 1.54) is 6.21 Å². The molecule has 0 aliphatic rings. The molecule has 5 nitrogen and oxygen atoms in total. The molecule has 0 spiro atoms. The molecule has 0 fully saturated rings. The fraction of sp³-hybridized carbons (Fsp3) is 0.118. The van der Waals surface area contributed by atoms with Crippen LogP contribution in [-0.2, 0) is 4.79 Å². The lowest BCUT2D eigenvalue weighted by molar-refractivity contribution is -0.120. The lowest BCUT2D eigenvalue weighted by Gasteiger charge is -2.05. The number of rotatable bonds is 5. The monoisotopic (exact) mass is 373 g/mol. The molecule has 2 aromatic rings. The minimum Gasteiger partial charge on any atom is -0.343 e. The van der Waals surface area contributed by atoms with Crippen molar-refractivity contribution in [3.05, 3.63) is 69.7 Å². The van der Waals surface area contributed by atoms with Gasteiger partial charge in [-0.2, -0.15) is 5.10 Å². The molecule has 0 saturated heterocycles. The van der Waals surface area contributed by atoms with Crippen LogP contribution in [0.5, 0.6) is 0 Å². The standard InChI is InChI=1S/C17H16BrN3O2/c1-12-4-2-6-14(8-12)17(23)19-11-16(22)21-20-10-13-5-3-7-15(18)9-13/h2-10H,11H2,1H3,(H,19,23)(H,21,22)/b20-10-. The maximum Gasteiger partial charge on any atom is 0.259 e. The molecule has 0 unspecified atom stereocenters. The summed E-state index contributed by atoms with van der Waals surface area (Å²) in [5.74, 6) is -0.683. The smallest absolute Gasteiger partial charge is 0.259 e. The summed E-state index contributed by atoms with van der Waals surface area (Å²) in [7, 11) is 0. The van der Waals surface area contributed by atoms with E-state index in [4.69, 9.17) is 0 Å². The zero-order valence-electron chi connectivity index (χ0n) is 12.5. The summed E-state index contributed by atoms with van der Waals surface area (Å²) >= 11 is 3.35. The Morgan fingerprint density at radius 3 is 2.70 bits per heavy atom. The molecule has 23 heavy (non-hydrogen) atoms. The molecule has 0 bridgehead atoms. The van der Waals surface area contributed by atoms with Crippen molar-refractivity contribution in [1.29, 1.82) is 0 Å². The van der Waals surface area contributed by atoms with Crippen LogP contribution in [0, 0.1) is 6.92 Å². The second-order valence-corrected chi connectivity index (χ2v) is 5.82. The highest BCUT2D eigenvalue weighted by Gasteiger charge is 2.07. The molecule has 0 radical (unpaired) electrons. The molecule has 118 valence electrons. The van der Waals surface area contributed by atoms with Gasteiger partial charge in [-0.1, -0.05) is 45.8 Å². The maximum atomic E-state index is 11.9. The van der Waals surface area contributed by atoms with Gasteiger partial charge in [0, 0.05) is 10.0 Å². The van der Waals surface area contributed by atoms with E-state index in [2.05, 4.69) is 31.8 Å². The van der Waals surface area contributed by atoms with Gasteiger partial charge in [0.05, 0.1) is 12.8 Å². The average Bonchev–Trinajstić information content (AvgIpc) is 2.52. The van der Waals surface area contributed by atoms with Gasteiger partial charge in [0.15, 0.2) is 0 Å². The lowest BCUT2D eigenvalue weighted by Crippen LogP contribution is -2.34. The number of halogens is 1. The third-order valence-electron chi connectivity index (χ3n) is 2.94. The Kier molecular flexibility index (Phi) is 6.05. The topological polar surface area (TPSA) is 70.6 Å². The van der Waals surface area contributed by atoms with Gasteiger partial charge in [-0.25, -0.2) is 5.43 Å². The van der Waals surface area contributed by atoms with Crippen LogP contribution in [-0.4, -0.2) is 24.6 Å². The fourth-order valence-corrected chi connectivity index (χ4v) is 2.27. The number of nitrogens with zero attached hydrogens (tertiary/aromatic N) is 1. The number of benzene rings is 2. The van der Waals surface area contributed by atoms with Gasteiger partial charge in [-0.15, -0.1) is 0 Å². The molecule has 0 saturated carbocycles. The Bertz CT molecular complexity index is 744. The van der Waals surface area contributed by atoms with E-state index >= 15 is 0 Å². The zero-order chi connectivity index (χ0) is 16.7. The van der Waals surface area contributed by atoms with Crippen molar-refractivity contribution in [2.24, 2.45) is 5.10 Å². The van der Waals surface area contributed by atoms with Crippen LogP contribution in [0.25, 0.3) is 0 Å². The number of hydrogen-bond acceptors (Lipinski definition) is 3. The summed E-state index contributed by atoms with van der Waals surface area (Å²) in [6, 6.07) is 14.7. The SMILES string of the molecule is Cc1cccc(C(=O)NCC(=O)N/N=C\c2cccc(Br)c2)c1. The van der Waals surface area contributed by atoms with Crippen LogP contribution in [0.15, 0.2) is 58.1 Å². The Morgan fingerprint density at radius 1 is 1.17 bits per heavy atom. The molecule has 0 aliphatic heterocycles. The van der Waals surface area contributed by atoms with E-state index < -0.39 is 5.91 Å². The molecule has 6 heteroatoms. The molecule has 0 atom stereocenters. The first-order valence-electron chi connectivity index (χ1n) is 6.97. The van der Waals surface area contributed by atoms with Crippen molar-refractivity contribution in [2.45, 2.75) is 6.92 Å². The number of hydrogen-bond donors (Lipinski definition) is 2. The van der Waals surface area contributed by atoms with Gasteiger partial charge in [-0.05, 0) is 36.8 Å². The van der Waals surface area contributed by atoms with Crippen molar-refractivity contribution < 1.29 is 9.59 Å². The highest BCUT2D eigenvalue weighted by Crippen LogP contribution is 2.09. The van der Waals surface area contributed by atoms with Crippen molar-refractivity contribution in [2.75, 3.05) is 6.54 Å². The van der Waals surface area contributed by atoms with Crippen LogP contribution in [0.1, 0.15) is 21.5 Å². The lowest BCUT2D eigenvalue weighted by atomic mass is 10.1. The van der Waals surface area contributed by atoms with Crippen LogP contribution >= 0.6 is 15.9 Å². The van der Waals surface area contributed by atoms with Crippen LogP contribution in [0.2, 0.25) is 0 Å². The summed E-state index contributed by atoms with van der Waals surface area (Å²) in [6.45, 7) is 1.77. The van der Waals surface area contributed by atoms with Crippen molar-refractivity contribution in [3.8, 4) is 0 Å².